The smallest absolute Gasteiger partial charge is 0.260 e. The first-order valence-electron chi connectivity index (χ1n) is 10.5. The van der Waals surface area contributed by atoms with Gasteiger partial charge in [-0.1, -0.05) is 0 Å². The van der Waals surface area contributed by atoms with Crippen molar-refractivity contribution in [3.63, 3.8) is 0 Å². The van der Waals surface area contributed by atoms with Crippen LogP contribution in [0.1, 0.15) is 47.8 Å². The summed E-state index contributed by atoms with van der Waals surface area (Å²) in [4.78, 5) is 17.1. The maximum atomic E-state index is 12.9. The zero-order valence-corrected chi connectivity index (χ0v) is 17.4. The molecule has 5 heterocycles. The minimum Gasteiger partial charge on any atom is -0.479 e. The molecule has 0 aliphatic carbocycles. The summed E-state index contributed by atoms with van der Waals surface area (Å²) in [5.74, 6) is 2.42. The molecule has 0 spiro atoms. The van der Waals surface area contributed by atoms with Crippen LogP contribution in [0.15, 0.2) is 18.3 Å². The van der Waals surface area contributed by atoms with Crippen LogP contribution in [0.25, 0.3) is 5.65 Å². The number of amides is 1. The van der Waals surface area contributed by atoms with Gasteiger partial charge in [0.25, 0.3) is 5.91 Å². The fourth-order valence-corrected chi connectivity index (χ4v) is 4.44. The SMILES string of the molecule is COc1nn(C)cc1C(=O)N1CCC(c2nnc3ccc(N4CCCC4)nn23)CC1. The fourth-order valence-electron chi connectivity index (χ4n) is 4.44. The molecule has 0 saturated carbocycles. The Morgan fingerprint density at radius 1 is 1.07 bits per heavy atom. The van der Waals surface area contributed by atoms with Crippen molar-refractivity contribution >= 4 is 17.4 Å². The molecule has 0 aromatic carbocycles. The predicted octanol–water partition coefficient (Wildman–Crippen LogP) is 1.49. The normalized spacial score (nSPS) is 17.8. The Bertz CT molecular complexity index is 1060. The number of fused-ring (bicyclic) bond motifs is 1. The molecule has 3 aromatic heterocycles. The Kier molecular flexibility index (Phi) is 4.76. The monoisotopic (exact) mass is 410 g/mol. The molecule has 0 radical (unpaired) electrons. The zero-order valence-electron chi connectivity index (χ0n) is 17.4. The fraction of sp³-hybridized carbons (Fsp3) is 0.550. The topological polar surface area (TPSA) is 93.7 Å². The van der Waals surface area contributed by atoms with Gasteiger partial charge in [-0.3, -0.25) is 9.48 Å². The van der Waals surface area contributed by atoms with Gasteiger partial charge in [-0.25, -0.2) is 0 Å². The average Bonchev–Trinajstić information content (AvgIpc) is 3.52. The van der Waals surface area contributed by atoms with E-state index in [0.29, 0.717) is 24.5 Å². The molecule has 10 heteroatoms. The Labute approximate surface area is 174 Å². The Balaban J connectivity index is 1.32. The van der Waals surface area contributed by atoms with E-state index in [0.717, 1.165) is 43.2 Å². The van der Waals surface area contributed by atoms with E-state index in [9.17, 15) is 4.79 Å². The van der Waals surface area contributed by atoms with Crippen molar-refractivity contribution in [3.05, 3.63) is 29.7 Å². The first-order chi connectivity index (χ1) is 14.6. The molecule has 2 aliphatic heterocycles. The van der Waals surface area contributed by atoms with Gasteiger partial charge in [-0.2, -0.15) is 4.52 Å². The summed E-state index contributed by atoms with van der Waals surface area (Å²) >= 11 is 0. The van der Waals surface area contributed by atoms with Crippen molar-refractivity contribution in [3.8, 4) is 5.88 Å². The van der Waals surface area contributed by atoms with Crippen LogP contribution in [0.4, 0.5) is 5.82 Å². The summed E-state index contributed by atoms with van der Waals surface area (Å²) < 4.78 is 8.74. The van der Waals surface area contributed by atoms with E-state index in [2.05, 4.69) is 20.2 Å². The largest absolute Gasteiger partial charge is 0.479 e. The average molecular weight is 410 g/mol. The number of piperidine rings is 1. The number of ether oxygens (including phenoxy) is 1. The van der Waals surface area contributed by atoms with E-state index < -0.39 is 0 Å². The van der Waals surface area contributed by atoms with Gasteiger partial charge >= 0.3 is 0 Å². The third-order valence-corrected chi connectivity index (χ3v) is 6.07. The number of hydrogen-bond acceptors (Lipinski definition) is 7. The van der Waals surface area contributed by atoms with Gasteiger partial charge < -0.3 is 14.5 Å². The molecule has 0 N–H and O–H groups in total. The van der Waals surface area contributed by atoms with Crippen LogP contribution in [0.5, 0.6) is 5.88 Å². The molecule has 5 rings (SSSR count). The van der Waals surface area contributed by atoms with Gasteiger partial charge in [0.1, 0.15) is 11.4 Å². The number of likely N-dealkylation sites (tertiary alicyclic amines) is 1. The summed E-state index contributed by atoms with van der Waals surface area (Å²) in [5.41, 5.74) is 1.27. The minimum absolute atomic E-state index is 0.0426. The van der Waals surface area contributed by atoms with Crippen LogP contribution in [-0.2, 0) is 7.05 Å². The van der Waals surface area contributed by atoms with Crippen LogP contribution >= 0.6 is 0 Å². The Hall–Kier alpha value is -3.17. The van der Waals surface area contributed by atoms with E-state index in [1.165, 1.54) is 20.0 Å². The van der Waals surface area contributed by atoms with Crippen molar-refractivity contribution in [2.45, 2.75) is 31.6 Å². The highest BCUT2D eigenvalue weighted by molar-refractivity contribution is 5.96. The Morgan fingerprint density at radius 2 is 1.83 bits per heavy atom. The summed E-state index contributed by atoms with van der Waals surface area (Å²) in [7, 11) is 3.32. The van der Waals surface area contributed by atoms with Gasteiger partial charge in [-0.05, 0) is 37.8 Å². The number of anilines is 1. The second kappa shape index (κ2) is 7.58. The molecule has 30 heavy (non-hydrogen) atoms. The second-order valence-corrected chi connectivity index (χ2v) is 8.01. The minimum atomic E-state index is -0.0426. The number of carbonyl (C=O) groups is 1. The maximum absolute atomic E-state index is 12.9. The van der Waals surface area contributed by atoms with Crippen LogP contribution in [0, 0.1) is 0 Å². The molecular weight excluding hydrogens is 384 g/mol. The standard InChI is InChI=1S/C20H26N8O2/c1-25-13-15(19(24-25)30-2)20(29)27-11-7-14(8-12-27)18-22-21-16-5-6-17(23-28(16)18)26-9-3-4-10-26/h5-6,13-14H,3-4,7-12H2,1-2H3. The molecule has 158 valence electrons. The van der Waals surface area contributed by atoms with Gasteiger partial charge in [0.2, 0.25) is 5.88 Å². The lowest BCUT2D eigenvalue weighted by Crippen LogP contribution is -2.38. The first kappa shape index (κ1) is 18.8. The van der Waals surface area contributed by atoms with Crippen molar-refractivity contribution in [1.82, 2.24) is 34.5 Å². The lowest BCUT2D eigenvalue weighted by molar-refractivity contribution is 0.0707. The lowest BCUT2D eigenvalue weighted by atomic mass is 9.95. The molecule has 0 atom stereocenters. The highest BCUT2D eigenvalue weighted by Crippen LogP contribution is 2.29. The number of aromatic nitrogens is 6. The lowest BCUT2D eigenvalue weighted by Gasteiger charge is -2.31. The molecular formula is C20H26N8O2. The van der Waals surface area contributed by atoms with Gasteiger partial charge in [0.05, 0.1) is 7.11 Å². The molecule has 0 unspecified atom stereocenters. The second-order valence-electron chi connectivity index (χ2n) is 8.01. The quantitative estimate of drug-likeness (QED) is 0.643. The van der Waals surface area contributed by atoms with Gasteiger partial charge in [-0.15, -0.1) is 20.4 Å². The number of nitrogens with zero attached hydrogens (tertiary/aromatic N) is 8. The molecule has 2 fully saturated rings. The van der Waals surface area contributed by atoms with Crippen molar-refractivity contribution in [1.29, 1.82) is 0 Å². The molecule has 2 saturated heterocycles. The number of carbonyl (C=O) groups excluding carboxylic acids is 1. The van der Waals surface area contributed by atoms with E-state index in [-0.39, 0.29) is 11.8 Å². The van der Waals surface area contributed by atoms with E-state index >= 15 is 0 Å². The highest BCUT2D eigenvalue weighted by atomic mass is 16.5. The third-order valence-electron chi connectivity index (χ3n) is 6.07. The van der Waals surface area contributed by atoms with Crippen molar-refractivity contribution < 1.29 is 9.53 Å². The maximum Gasteiger partial charge on any atom is 0.260 e. The first-order valence-corrected chi connectivity index (χ1v) is 10.5. The number of methoxy groups -OCH3 is 1. The van der Waals surface area contributed by atoms with E-state index in [4.69, 9.17) is 9.84 Å². The Morgan fingerprint density at radius 3 is 2.57 bits per heavy atom. The summed E-state index contributed by atoms with van der Waals surface area (Å²) in [6.07, 6.45) is 5.78. The molecule has 10 nitrogen and oxygen atoms in total. The van der Waals surface area contributed by atoms with Crippen LogP contribution < -0.4 is 9.64 Å². The van der Waals surface area contributed by atoms with Crippen LogP contribution in [0.2, 0.25) is 0 Å². The number of hydrogen-bond donors (Lipinski definition) is 0. The number of rotatable bonds is 4. The van der Waals surface area contributed by atoms with Crippen molar-refractivity contribution in [2.75, 3.05) is 38.2 Å². The van der Waals surface area contributed by atoms with Crippen molar-refractivity contribution in [2.24, 2.45) is 7.05 Å². The van der Waals surface area contributed by atoms with Crippen LogP contribution in [0.3, 0.4) is 0 Å². The van der Waals surface area contributed by atoms with Gasteiger partial charge in [0.15, 0.2) is 11.5 Å². The molecule has 2 aliphatic rings. The predicted molar refractivity (Wildman–Crippen MR) is 110 cm³/mol. The third kappa shape index (κ3) is 3.25. The van der Waals surface area contributed by atoms with Crippen LogP contribution in [-0.4, -0.2) is 73.7 Å². The summed E-state index contributed by atoms with van der Waals surface area (Å²) in [6.45, 7) is 3.41. The van der Waals surface area contributed by atoms with Gasteiger partial charge in [0, 0.05) is 45.3 Å². The summed E-state index contributed by atoms with van der Waals surface area (Å²) in [5, 5.41) is 17.8. The number of aryl methyl sites for hydroxylation is 1. The van der Waals surface area contributed by atoms with E-state index in [1.54, 1.807) is 17.9 Å². The highest BCUT2D eigenvalue weighted by Gasteiger charge is 2.30. The molecule has 1 amide bonds. The molecule has 3 aromatic rings. The zero-order chi connectivity index (χ0) is 20.7. The summed E-state index contributed by atoms with van der Waals surface area (Å²) in [6, 6.07) is 4.02. The van der Waals surface area contributed by atoms with E-state index in [1.807, 2.05) is 21.5 Å². The molecule has 0 bridgehead atoms.